The van der Waals surface area contributed by atoms with E-state index >= 15 is 0 Å². The van der Waals surface area contributed by atoms with Gasteiger partial charge >= 0.3 is 0 Å². The number of nitrogens with one attached hydrogen (secondary N) is 1. The van der Waals surface area contributed by atoms with Crippen LogP contribution in [0.25, 0.3) is 0 Å². The minimum atomic E-state index is -0.403. The molecule has 0 aliphatic rings. The van der Waals surface area contributed by atoms with Gasteiger partial charge in [0.1, 0.15) is 0 Å². The van der Waals surface area contributed by atoms with Crippen LogP contribution in [0.4, 0.5) is 5.82 Å². The van der Waals surface area contributed by atoms with Crippen molar-refractivity contribution in [3.05, 3.63) is 92.3 Å². The molecule has 2 heterocycles. The lowest BCUT2D eigenvalue weighted by molar-refractivity contribution is 0.101. The van der Waals surface area contributed by atoms with Crippen molar-refractivity contribution in [1.82, 2.24) is 19.6 Å². The minimum absolute atomic E-state index is 0.0367. The Balaban J connectivity index is 1.35. The van der Waals surface area contributed by atoms with Crippen LogP contribution in [0.15, 0.2) is 60.9 Å². The third-order valence-electron chi connectivity index (χ3n) is 4.34. The summed E-state index contributed by atoms with van der Waals surface area (Å²) in [5, 5.41) is 13.0. The van der Waals surface area contributed by atoms with E-state index in [0.717, 1.165) is 5.56 Å². The fourth-order valence-corrected chi connectivity index (χ4v) is 3.65. The van der Waals surface area contributed by atoms with Gasteiger partial charge in [-0.15, -0.1) is 0 Å². The SMILES string of the molecule is O=C(Nc1ccn(Cc2ccc(Cl)c(Cl)c2)n1)c1ccn(COc2c(Cl)cccc2Cl)n1. The maximum atomic E-state index is 12.5. The molecule has 0 aliphatic heterocycles. The van der Waals surface area contributed by atoms with Crippen molar-refractivity contribution in [2.75, 3.05) is 5.32 Å². The number of hydrogen-bond acceptors (Lipinski definition) is 4. The van der Waals surface area contributed by atoms with Gasteiger partial charge in [0.05, 0.1) is 26.6 Å². The van der Waals surface area contributed by atoms with Crippen LogP contribution in [0.2, 0.25) is 20.1 Å². The van der Waals surface area contributed by atoms with Crippen LogP contribution >= 0.6 is 46.4 Å². The number of aromatic nitrogens is 4. The summed E-state index contributed by atoms with van der Waals surface area (Å²) in [4.78, 5) is 12.5. The summed E-state index contributed by atoms with van der Waals surface area (Å²) in [6.07, 6.45) is 3.36. The van der Waals surface area contributed by atoms with Gasteiger partial charge in [-0.2, -0.15) is 10.2 Å². The Labute approximate surface area is 203 Å². The summed E-state index contributed by atoms with van der Waals surface area (Å²) < 4.78 is 8.74. The van der Waals surface area contributed by atoms with Gasteiger partial charge in [0.25, 0.3) is 5.91 Å². The second-order valence-corrected chi connectivity index (χ2v) is 8.29. The fourth-order valence-electron chi connectivity index (χ4n) is 2.83. The zero-order valence-electron chi connectivity index (χ0n) is 16.3. The molecule has 0 saturated carbocycles. The van der Waals surface area contributed by atoms with Crippen LogP contribution in [-0.2, 0) is 13.3 Å². The van der Waals surface area contributed by atoms with Crippen molar-refractivity contribution in [1.29, 1.82) is 0 Å². The first-order valence-corrected chi connectivity index (χ1v) is 10.8. The van der Waals surface area contributed by atoms with Gasteiger partial charge in [0, 0.05) is 18.5 Å². The molecule has 2 aromatic carbocycles. The molecule has 7 nitrogen and oxygen atoms in total. The first kappa shape index (κ1) is 22.5. The quantitative estimate of drug-likeness (QED) is 0.329. The number of halogens is 4. The van der Waals surface area contributed by atoms with Gasteiger partial charge in [-0.3, -0.25) is 9.48 Å². The highest BCUT2D eigenvalue weighted by atomic mass is 35.5. The summed E-state index contributed by atoms with van der Waals surface area (Å²) in [7, 11) is 0. The average molecular weight is 511 g/mol. The molecule has 1 amide bonds. The molecule has 0 unspecified atom stereocenters. The van der Waals surface area contributed by atoms with Gasteiger partial charge < -0.3 is 10.1 Å². The number of amides is 1. The van der Waals surface area contributed by atoms with Crippen molar-refractivity contribution in [2.24, 2.45) is 0 Å². The number of para-hydroxylation sites is 1. The number of rotatable bonds is 7. The van der Waals surface area contributed by atoms with E-state index in [9.17, 15) is 4.79 Å². The van der Waals surface area contributed by atoms with Crippen LogP contribution in [0, 0.1) is 0 Å². The first-order chi connectivity index (χ1) is 15.4. The molecule has 0 aliphatic carbocycles. The zero-order chi connectivity index (χ0) is 22.7. The highest BCUT2D eigenvalue weighted by Crippen LogP contribution is 2.32. The van der Waals surface area contributed by atoms with Crippen LogP contribution in [0.3, 0.4) is 0 Å². The lowest BCUT2D eigenvalue weighted by atomic mass is 10.2. The van der Waals surface area contributed by atoms with Gasteiger partial charge in [-0.1, -0.05) is 58.5 Å². The Morgan fingerprint density at radius 3 is 2.38 bits per heavy atom. The second kappa shape index (κ2) is 9.83. The maximum Gasteiger partial charge on any atom is 0.277 e. The predicted molar refractivity (Wildman–Crippen MR) is 125 cm³/mol. The van der Waals surface area contributed by atoms with Crippen molar-refractivity contribution in [2.45, 2.75) is 13.3 Å². The highest BCUT2D eigenvalue weighted by Gasteiger charge is 2.13. The van der Waals surface area contributed by atoms with E-state index < -0.39 is 5.91 Å². The third-order valence-corrected chi connectivity index (χ3v) is 5.68. The molecular weight excluding hydrogens is 496 g/mol. The predicted octanol–water partition coefficient (Wildman–Crippen LogP) is 6.03. The van der Waals surface area contributed by atoms with Crippen molar-refractivity contribution in [3.8, 4) is 5.75 Å². The number of anilines is 1. The monoisotopic (exact) mass is 509 g/mol. The average Bonchev–Trinajstić information content (AvgIpc) is 3.40. The Kier molecular flexibility index (Phi) is 6.91. The van der Waals surface area contributed by atoms with Gasteiger partial charge in [-0.25, -0.2) is 4.68 Å². The number of carbonyl (C=O) groups is 1. The molecular formula is C21H15Cl4N5O2. The molecule has 2 aromatic heterocycles. The van der Waals surface area contributed by atoms with E-state index in [-0.39, 0.29) is 12.4 Å². The van der Waals surface area contributed by atoms with Crippen molar-refractivity contribution >= 4 is 58.1 Å². The largest absolute Gasteiger partial charge is 0.468 e. The maximum absolute atomic E-state index is 12.5. The highest BCUT2D eigenvalue weighted by molar-refractivity contribution is 6.42. The Morgan fingerprint density at radius 1 is 0.875 bits per heavy atom. The Morgan fingerprint density at radius 2 is 1.62 bits per heavy atom. The van der Waals surface area contributed by atoms with Crippen LogP contribution in [0.1, 0.15) is 16.1 Å². The molecule has 4 rings (SSSR count). The standard InChI is InChI=1S/C21H15Cl4N5O2/c22-14-5-4-13(10-17(14)25)11-29-9-7-19(28-29)26-21(31)18-6-8-30(27-18)12-32-20-15(23)2-1-3-16(20)24/h1-10H,11-12H2,(H,26,28,31). The summed E-state index contributed by atoms with van der Waals surface area (Å²) in [6, 6.07) is 13.7. The molecule has 1 N–H and O–H groups in total. The summed E-state index contributed by atoms with van der Waals surface area (Å²) in [5.41, 5.74) is 1.13. The number of hydrogen-bond donors (Lipinski definition) is 1. The van der Waals surface area contributed by atoms with Crippen molar-refractivity contribution in [3.63, 3.8) is 0 Å². The van der Waals surface area contributed by atoms with E-state index in [0.29, 0.717) is 38.2 Å². The Bertz CT molecular complexity index is 1250. The number of carbonyl (C=O) groups excluding carboxylic acids is 1. The van der Waals surface area contributed by atoms with Crippen molar-refractivity contribution < 1.29 is 9.53 Å². The molecule has 0 radical (unpaired) electrons. The Hall–Kier alpha value is -2.71. The molecule has 164 valence electrons. The molecule has 0 saturated heterocycles. The van der Waals surface area contributed by atoms with Gasteiger partial charge in [-0.05, 0) is 35.9 Å². The van der Waals surface area contributed by atoms with E-state index in [2.05, 4.69) is 15.5 Å². The number of ether oxygens (including phenoxy) is 1. The van der Waals surface area contributed by atoms with Gasteiger partial charge in [0.15, 0.2) is 24.0 Å². The normalized spacial score (nSPS) is 10.9. The van der Waals surface area contributed by atoms with Crippen LogP contribution in [-0.4, -0.2) is 25.5 Å². The fraction of sp³-hybridized carbons (Fsp3) is 0.0952. The smallest absolute Gasteiger partial charge is 0.277 e. The lowest BCUT2D eigenvalue weighted by Crippen LogP contribution is -2.15. The molecule has 11 heteroatoms. The molecule has 4 aromatic rings. The summed E-state index contributed by atoms with van der Waals surface area (Å²) in [6.45, 7) is 0.512. The second-order valence-electron chi connectivity index (χ2n) is 6.67. The number of benzene rings is 2. The van der Waals surface area contributed by atoms with E-state index in [1.807, 2.05) is 6.07 Å². The van der Waals surface area contributed by atoms with E-state index in [1.165, 1.54) is 4.68 Å². The summed E-state index contributed by atoms with van der Waals surface area (Å²) >= 11 is 24.2. The zero-order valence-corrected chi connectivity index (χ0v) is 19.3. The minimum Gasteiger partial charge on any atom is -0.468 e. The molecule has 0 bridgehead atoms. The molecule has 32 heavy (non-hydrogen) atoms. The molecule has 0 atom stereocenters. The van der Waals surface area contributed by atoms with Gasteiger partial charge in [0.2, 0.25) is 0 Å². The van der Waals surface area contributed by atoms with Crippen LogP contribution in [0.5, 0.6) is 5.75 Å². The topological polar surface area (TPSA) is 74.0 Å². The lowest BCUT2D eigenvalue weighted by Gasteiger charge is -2.09. The van der Waals surface area contributed by atoms with E-state index in [4.69, 9.17) is 51.1 Å². The molecule has 0 spiro atoms. The molecule has 0 fully saturated rings. The third kappa shape index (κ3) is 5.37. The number of nitrogens with zero attached hydrogens (tertiary/aromatic N) is 4. The van der Waals surface area contributed by atoms with E-state index in [1.54, 1.807) is 59.5 Å². The summed E-state index contributed by atoms with van der Waals surface area (Å²) in [5.74, 6) is 0.341. The van der Waals surface area contributed by atoms with Crippen LogP contribution < -0.4 is 10.1 Å². The first-order valence-electron chi connectivity index (χ1n) is 9.28.